The van der Waals surface area contributed by atoms with E-state index in [0.29, 0.717) is 37.1 Å². The summed E-state index contributed by atoms with van der Waals surface area (Å²) < 4.78 is 90.7. The standard InChI is InChI=1S/C15H15BrFN7O5S.C14H17BrFN7O4S/c16-10-7-9(1-2-11(10)17)24-14(22-28-15(24)25)12-13(21-29-20-12)19-8-3-5-23(6-4-8)30(18,26)27;15-10-7-9(1-2-11(10)16)19-13(20-24)12-14(22-27-21-12)18-8-3-5-23(6-4-8)28(17,25)26/h1-2,7-8H,3-6H2,(H,19,21)(H2,18,26,27);1-2,7-8,24H,3-6H2,(H,18,22)(H,19,20)(H2,17,25,26). The smallest absolute Gasteiger partial charge is 0.362 e. The van der Waals surface area contributed by atoms with Crippen LogP contribution in [0.15, 0.2) is 68.9 Å². The number of amidine groups is 1. The Morgan fingerprint density at radius 3 is 1.88 bits per heavy atom. The quantitative estimate of drug-likeness (QED) is 0.0662. The van der Waals surface area contributed by atoms with Crippen molar-refractivity contribution in [3.05, 3.63) is 73.2 Å². The number of halogens is 4. The van der Waals surface area contributed by atoms with Crippen LogP contribution in [0.25, 0.3) is 17.2 Å². The zero-order valence-corrected chi connectivity index (χ0v) is 34.3. The number of nitrogens with two attached hydrogens (primary N) is 2. The number of aliphatic imine (C=N–C) groups is 1. The highest BCUT2D eigenvalue weighted by Crippen LogP contribution is 2.28. The van der Waals surface area contributed by atoms with Crippen LogP contribution >= 0.6 is 31.9 Å². The highest BCUT2D eigenvalue weighted by molar-refractivity contribution is 9.10. The maximum Gasteiger partial charge on any atom is 0.446 e. The van der Waals surface area contributed by atoms with Gasteiger partial charge in [-0.25, -0.2) is 42.7 Å². The number of anilines is 2. The molecule has 23 nitrogen and oxygen atoms in total. The first-order valence-electron chi connectivity index (χ1n) is 16.7. The Kier molecular flexibility index (Phi) is 13.3. The summed E-state index contributed by atoms with van der Waals surface area (Å²) in [6.45, 7) is 1.02. The second-order valence-electron chi connectivity index (χ2n) is 12.5. The third-order valence-electron chi connectivity index (χ3n) is 8.74. The summed E-state index contributed by atoms with van der Waals surface area (Å²) >= 11 is 6.14. The van der Waals surface area contributed by atoms with Gasteiger partial charge in [-0.05, 0) is 115 Å². The summed E-state index contributed by atoms with van der Waals surface area (Å²) in [4.78, 5) is 16.4. The van der Waals surface area contributed by atoms with Crippen LogP contribution in [-0.2, 0) is 20.4 Å². The number of hydroxylamine groups is 1. The zero-order valence-electron chi connectivity index (χ0n) is 29.5. The van der Waals surface area contributed by atoms with E-state index in [0.717, 1.165) is 4.57 Å². The van der Waals surface area contributed by atoms with E-state index in [4.69, 9.17) is 24.1 Å². The van der Waals surface area contributed by atoms with Crippen LogP contribution < -0.4 is 32.1 Å². The Balaban J connectivity index is 0.000000196. The predicted octanol–water partition coefficient (Wildman–Crippen LogP) is 1.97. The molecule has 58 heavy (non-hydrogen) atoms. The molecule has 0 bridgehead atoms. The number of nitrogens with zero attached hydrogens (tertiary/aromatic N) is 9. The fraction of sp³-hybridized carbons (Fsp3) is 0.345. The van der Waals surface area contributed by atoms with Crippen LogP contribution in [0.5, 0.6) is 0 Å². The minimum Gasteiger partial charge on any atom is -0.362 e. The molecule has 2 saturated heterocycles. The summed E-state index contributed by atoms with van der Waals surface area (Å²) in [6, 6.07) is 7.77. The monoisotopic (exact) mass is 980 g/mol. The van der Waals surface area contributed by atoms with Crippen molar-refractivity contribution in [3.63, 3.8) is 0 Å². The number of hydrogen-bond acceptors (Lipinski definition) is 17. The van der Waals surface area contributed by atoms with Crippen LogP contribution in [0, 0.1) is 11.6 Å². The number of benzene rings is 2. The molecule has 0 aliphatic carbocycles. The molecule has 7 rings (SSSR count). The molecule has 5 aromatic rings. The lowest BCUT2D eigenvalue weighted by Crippen LogP contribution is -2.45. The molecular weight excluding hydrogens is 950 g/mol. The van der Waals surface area contributed by atoms with Crippen molar-refractivity contribution in [3.8, 4) is 17.2 Å². The summed E-state index contributed by atoms with van der Waals surface area (Å²) in [5.74, 6) is -1.40. The molecule has 0 amide bonds. The molecule has 29 heteroatoms. The van der Waals surface area contributed by atoms with Crippen LogP contribution in [0.4, 0.5) is 26.1 Å². The van der Waals surface area contributed by atoms with Crippen LogP contribution in [0.3, 0.4) is 0 Å². The lowest BCUT2D eigenvalue weighted by atomic mass is 10.1. The summed E-state index contributed by atoms with van der Waals surface area (Å²) in [5.41, 5.74) is 2.78. The van der Waals surface area contributed by atoms with E-state index in [2.05, 4.69) is 73.3 Å². The van der Waals surface area contributed by atoms with Crippen LogP contribution in [0.1, 0.15) is 31.4 Å². The Morgan fingerprint density at radius 2 is 1.33 bits per heavy atom. The largest absolute Gasteiger partial charge is 0.446 e. The van der Waals surface area contributed by atoms with Crippen molar-refractivity contribution >= 4 is 75.4 Å². The maximum atomic E-state index is 13.6. The molecule has 5 heterocycles. The molecule has 2 aromatic carbocycles. The first kappa shape index (κ1) is 42.8. The lowest BCUT2D eigenvalue weighted by Gasteiger charge is -2.30. The van der Waals surface area contributed by atoms with Crippen molar-refractivity contribution < 1.29 is 44.6 Å². The summed E-state index contributed by atoms with van der Waals surface area (Å²) in [7, 11) is -7.45. The minimum atomic E-state index is -3.73. The highest BCUT2D eigenvalue weighted by atomic mass is 79.9. The third kappa shape index (κ3) is 10.3. The number of nitrogens with one attached hydrogen (secondary N) is 3. The van der Waals surface area contributed by atoms with E-state index in [9.17, 15) is 35.6 Å². The molecule has 8 N–H and O–H groups in total. The predicted molar refractivity (Wildman–Crippen MR) is 205 cm³/mol. The third-order valence-corrected chi connectivity index (χ3v) is 12.1. The molecule has 0 saturated carbocycles. The van der Waals surface area contributed by atoms with Crippen molar-refractivity contribution in [2.24, 2.45) is 15.3 Å². The average Bonchev–Trinajstić information content (AvgIpc) is 3.93. The Hall–Kier alpha value is -4.75. The first-order chi connectivity index (χ1) is 27.5. The molecule has 0 atom stereocenters. The van der Waals surface area contributed by atoms with Crippen molar-refractivity contribution in [1.29, 1.82) is 0 Å². The van der Waals surface area contributed by atoms with E-state index in [1.165, 1.54) is 45.0 Å². The van der Waals surface area contributed by atoms with Gasteiger partial charge in [-0.15, -0.1) is 0 Å². The van der Waals surface area contributed by atoms with Crippen LogP contribution in [-0.4, -0.2) is 105 Å². The van der Waals surface area contributed by atoms with E-state index in [1.54, 1.807) is 0 Å². The summed E-state index contributed by atoms with van der Waals surface area (Å²) in [6.07, 6.45) is 1.93. The highest BCUT2D eigenvalue weighted by Gasteiger charge is 2.30. The van der Waals surface area contributed by atoms with Gasteiger partial charge in [-0.2, -0.15) is 25.4 Å². The Bertz CT molecular complexity index is 2560. The number of rotatable bonds is 10. The van der Waals surface area contributed by atoms with Gasteiger partial charge in [0.25, 0.3) is 20.4 Å². The number of piperidine rings is 2. The second kappa shape index (κ2) is 18.0. The van der Waals surface area contributed by atoms with E-state index < -0.39 is 37.8 Å². The van der Waals surface area contributed by atoms with E-state index in [-0.39, 0.29) is 81.9 Å². The van der Waals surface area contributed by atoms with Gasteiger partial charge < -0.3 is 10.6 Å². The fourth-order valence-corrected chi connectivity index (χ4v) is 8.00. The normalized spacial score (nSPS) is 16.5. The van der Waals surface area contributed by atoms with Gasteiger partial charge in [0, 0.05) is 38.3 Å². The molecule has 2 aliphatic heterocycles. The van der Waals surface area contributed by atoms with Gasteiger partial charge in [0.15, 0.2) is 17.2 Å². The van der Waals surface area contributed by atoms with Gasteiger partial charge >= 0.3 is 5.76 Å². The average molecular weight is 983 g/mol. The first-order valence-corrected chi connectivity index (χ1v) is 21.3. The molecule has 0 unspecified atom stereocenters. The van der Waals surface area contributed by atoms with E-state index in [1.807, 2.05) is 5.48 Å². The molecule has 2 fully saturated rings. The number of aromatic nitrogens is 6. The molecule has 3 aromatic heterocycles. The van der Waals surface area contributed by atoms with Crippen molar-refractivity contribution in [2.45, 2.75) is 37.8 Å². The SMILES string of the molecule is NS(=O)(=O)N1CCC(Nc2nonc2-c2noc(=O)n2-c2ccc(F)c(Br)c2)CC1.NS(=O)(=O)N1CCC(Nc2nonc2C(=Nc2ccc(F)c(Br)c2)NO)CC1. The number of hydrogen-bond donors (Lipinski definition) is 6. The van der Waals surface area contributed by atoms with Gasteiger partial charge in [-0.1, -0.05) is 5.16 Å². The molecule has 2 aliphatic rings. The second-order valence-corrected chi connectivity index (χ2v) is 17.3. The minimum absolute atomic E-state index is 0.00392. The Morgan fingerprint density at radius 1 is 0.793 bits per heavy atom. The van der Waals surface area contributed by atoms with Gasteiger partial charge in [0.2, 0.25) is 17.5 Å². The van der Waals surface area contributed by atoms with Gasteiger partial charge in [0.05, 0.1) is 20.3 Å². The van der Waals surface area contributed by atoms with Gasteiger partial charge in [-0.3, -0.25) is 15.2 Å². The van der Waals surface area contributed by atoms with Crippen molar-refractivity contribution in [1.82, 2.24) is 44.4 Å². The molecule has 0 radical (unpaired) electrons. The van der Waals surface area contributed by atoms with Gasteiger partial charge in [0.1, 0.15) is 11.6 Å². The van der Waals surface area contributed by atoms with E-state index >= 15 is 0 Å². The molecule has 312 valence electrons. The van der Waals surface area contributed by atoms with Crippen LogP contribution in [0.2, 0.25) is 0 Å². The zero-order chi connectivity index (χ0) is 41.8. The molecular formula is C29H32Br2F2N14O9S2. The van der Waals surface area contributed by atoms with Crippen molar-refractivity contribution in [2.75, 3.05) is 36.8 Å². The topological polar surface area (TPSA) is 321 Å². The Labute approximate surface area is 343 Å². The summed E-state index contributed by atoms with van der Waals surface area (Å²) in [5, 5.41) is 44.8. The fourth-order valence-electron chi connectivity index (χ4n) is 5.83. The lowest BCUT2D eigenvalue weighted by molar-refractivity contribution is 0.234. The maximum absolute atomic E-state index is 13.6. The molecule has 0 spiro atoms.